The lowest BCUT2D eigenvalue weighted by molar-refractivity contribution is -0.132. The SMILES string of the molecule is CCN(CC)C(CNC(=O)C1CCN(C(=O)/C=C/c2ccccc2)CC1)c1ccccc1Cl. The van der Waals surface area contributed by atoms with Crippen molar-refractivity contribution in [3.63, 3.8) is 0 Å². The standard InChI is InChI=1S/C27H34ClN3O2/c1-3-30(4-2)25(23-12-8-9-13-24(23)28)20-29-27(33)22-16-18-31(19-17-22)26(32)15-14-21-10-6-5-7-11-21/h5-15,22,25H,3-4,16-20H2,1-2H3,(H,29,33)/b15-14+. The van der Waals surface area contributed by atoms with Crippen LogP contribution in [-0.4, -0.2) is 54.3 Å². The Balaban J connectivity index is 1.53. The molecular weight excluding hydrogens is 434 g/mol. The van der Waals surface area contributed by atoms with Crippen LogP contribution in [0.1, 0.15) is 43.9 Å². The summed E-state index contributed by atoms with van der Waals surface area (Å²) in [6.07, 6.45) is 4.81. The summed E-state index contributed by atoms with van der Waals surface area (Å²) in [5, 5.41) is 3.88. The summed E-state index contributed by atoms with van der Waals surface area (Å²) in [5.41, 5.74) is 2.04. The Hall–Kier alpha value is -2.63. The Morgan fingerprint density at radius 1 is 1.06 bits per heavy atom. The van der Waals surface area contributed by atoms with Gasteiger partial charge in [-0.15, -0.1) is 0 Å². The Labute approximate surface area is 202 Å². The van der Waals surface area contributed by atoms with Crippen LogP contribution >= 0.6 is 11.6 Å². The van der Waals surface area contributed by atoms with Gasteiger partial charge in [0, 0.05) is 36.7 Å². The number of likely N-dealkylation sites (tertiary alicyclic amines) is 1. The van der Waals surface area contributed by atoms with E-state index in [-0.39, 0.29) is 23.8 Å². The molecule has 0 bridgehead atoms. The summed E-state index contributed by atoms with van der Waals surface area (Å²) in [6.45, 7) is 7.70. The molecule has 33 heavy (non-hydrogen) atoms. The molecule has 0 aliphatic carbocycles. The first-order valence-corrected chi connectivity index (χ1v) is 12.2. The summed E-state index contributed by atoms with van der Waals surface area (Å²) < 4.78 is 0. The number of halogens is 1. The van der Waals surface area contributed by atoms with Crippen LogP contribution in [0.2, 0.25) is 5.02 Å². The summed E-state index contributed by atoms with van der Waals surface area (Å²) in [4.78, 5) is 29.6. The van der Waals surface area contributed by atoms with Gasteiger partial charge in [0.1, 0.15) is 0 Å². The van der Waals surface area contributed by atoms with Crippen LogP contribution in [0.15, 0.2) is 60.7 Å². The predicted octanol–water partition coefficient (Wildman–Crippen LogP) is 4.79. The van der Waals surface area contributed by atoms with Gasteiger partial charge in [-0.25, -0.2) is 0 Å². The zero-order chi connectivity index (χ0) is 23.6. The maximum absolute atomic E-state index is 12.9. The quantitative estimate of drug-likeness (QED) is 0.539. The van der Waals surface area contributed by atoms with Crippen LogP contribution in [0.3, 0.4) is 0 Å². The zero-order valence-corrected chi connectivity index (χ0v) is 20.3. The van der Waals surface area contributed by atoms with E-state index >= 15 is 0 Å². The Bertz CT molecular complexity index is 935. The molecule has 2 aromatic rings. The minimum absolute atomic E-state index is 0.00183. The monoisotopic (exact) mass is 467 g/mol. The highest BCUT2D eigenvalue weighted by atomic mass is 35.5. The van der Waals surface area contributed by atoms with Gasteiger partial charge >= 0.3 is 0 Å². The molecule has 1 aliphatic heterocycles. The normalized spacial score (nSPS) is 15.7. The van der Waals surface area contributed by atoms with Crippen molar-refractivity contribution >= 4 is 29.5 Å². The first-order chi connectivity index (χ1) is 16.0. The van der Waals surface area contributed by atoms with Gasteiger partial charge in [0.2, 0.25) is 11.8 Å². The molecular formula is C27H34ClN3O2. The van der Waals surface area contributed by atoms with E-state index in [2.05, 4.69) is 24.1 Å². The molecule has 176 valence electrons. The molecule has 1 fully saturated rings. The molecule has 1 saturated heterocycles. The molecule has 0 saturated carbocycles. The Morgan fingerprint density at radius 2 is 1.70 bits per heavy atom. The molecule has 6 heteroatoms. The third kappa shape index (κ3) is 6.92. The van der Waals surface area contributed by atoms with Crippen molar-refractivity contribution in [3.05, 3.63) is 76.8 Å². The van der Waals surface area contributed by atoms with Gasteiger partial charge in [0.05, 0.1) is 6.04 Å². The predicted molar refractivity (Wildman–Crippen MR) is 135 cm³/mol. The average molecular weight is 468 g/mol. The second-order valence-electron chi connectivity index (χ2n) is 8.35. The Kier molecular flexibility index (Phi) is 9.52. The van der Waals surface area contributed by atoms with Crippen LogP contribution in [-0.2, 0) is 9.59 Å². The van der Waals surface area contributed by atoms with E-state index in [9.17, 15) is 9.59 Å². The number of hydrogen-bond donors (Lipinski definition) is 1. The third-order valence-electron chi connectivity index (χ3n) is 6.38. The highest BCUT2D eigenvalue weighted by Gasteiger charge is 2.28. The van der Waals surface area contributed by atoms with Crippen molar-refractivity contribution in [1.29, 1.82) is 0 Å². The average Bonchev–Trinajstić information content (AvgIpc) is 2.86. The van der Waals surface area contributed by atoms with E-state index in [0.29, 0.717) is 32.5 Å². The summed E-state index contributed by atoms with van der Waals surface area (Å²) in [6, 6.07) is 17.7. The molecule has 1 heterocycles. The van der Waals surface area contributed by atoms with E-state index in [1.807, 2.05) is 65.6 Å². The van der Waals surface area contributed by atoms with Gasteiger partial charge < -0.3 is 10.2 Å². The molecule has 1 atom stereocenters. The smallest absolute Gasteiger partial charge is 0.246 e. The second kappa shape index (κ2) is 12.6. The molecule has 0 radical (unpaired) electrons. The maximum Gasteiger partial charge on any atom is 0.246 e. The summed E-state index contributed by atoms with van der Waals surface area (Å²) in [7, 11) is 0. The van der Waals surface area contributed by atoms with Crippen LogP contribution in [0.25, 0.3) is 6.08 Å². The van der Waals surface area contributed by atoms with Gasteiger partial charge in [0.25, 0.3) is 0 Å². The molecule has 1 aliphatic rings. The molecule has 5 nitrogen and oxygen atoms in total. The molecule has 3 rings (SSSR count). The molecule has 2 amide bonds. The molecule has 0 aromatic heterocycles. The number of piperidine rings is 1. The largest absolute Gasteiger partial charge is 0.354 e. The fourth-order valence-electron chi connectivity index (χ4n) is 4.39. The lowest BCUT2D eigenvalue weighted by Gasteiger charge is -2.33. The highest BCUT2D eigenvalue weighted by Crippen LogP contribution is 2.27. The number of likely N-dealkylation sites (N-methyl/N-ethyl adjacent to an activating group) is 1. The van der Waals surface area contributed by atoms with Crippen LogP contribution in [0, 0.1) is 5.92 Å². The maximum atomic E-state index is 12.9. The number of carbonyl (C=O) groups excluding carboxylic acids is 2. The third-order valence-corrected chi connectivity index (χ3v) is 6.73. The molecule has 0 spiro atoms. The van der Waals surface area contributed by atoms with Crippen molar-refractivity contribution in [2.24, 2.45) is 5.92 Å². The Morgan fingerprint density at radius 3 is 2.33 bits per heavy atom. The van der Waals surface area contributed by atoms with Crippen molar-refractivity contribution in [2.45, 2.75) is 32.7 Å². The molecule has 1 N–H and O–H groups in total. The minimum atomic E-state index is -0.0734. The van der Waals surface area contributed by atoms with Crippen LogP contribution < -0.4 is 5.32 Å². The van der Waals surface area contributed by atoms with E-state index < -0.39 is 0 Å². The number of rotatable bonds is 9. The van der Waals surface area contributed by atoms with E-state index in [1.165, 1.54) is 0 Å². The summed E-state index contributed by atoms with van der Waals surface area (Å²) in [5.74, 6) is -0.0140. The first-order valence-electron chi connectivity index (χ1n) is 11.8. The molecule has 2 aromatic carbocycles. The van der Waals surface area contributed by atoms with Gasteiger partial charge in [-0.3, -0.25) is 14.5 Å². The number of carbonyl (C=O) groups is 2. The zero-order valence-electron chi connectivity index (χ0n) is 19.5. The van der Waals surface area contributed by atoms with E-state index in [0.717, 1.165) is 29.2 Å². The number of amides is 2. The van der Waals surface area contributed by atoms with Gasteiger partial charge in [-0.2, -0.15) is 0 Å². The van der Waals surface area contributed by atoms with Crippen molar-refractivity contribution in [2.75, 3.05) is 32.7 Å². The van der Waals surface area contributed by atoms with Crippen molar-refractivity contribution in [3.8, 4) is 0 Å². The number of nitrogens with zero attached hydrogens (tertiary/aromatic N) is 2. The second-order valence-corrected chi connectivity index (χ2v) is 8.75. The fourth-order valence-corrected chi connectivity index (χ4v) is 4.65. The number of benzene rings is 2. The number of hydrogen-bond acceptors (Lipinski definition) is 3. The van der Waals surface area contributed by atoms with E-state index in [4.69, 9.17) is 11.6 Å². The van der Waals surface area contributed by atoms with Gasteiger partial charge in [-0.1, -0.05) is 74.0 Å². The van der Waals surface area contributed by atoms with Crippen LogP contribution in [0.4, 0.5) is 0 Å². The molecule has 1 unspecified atom stereocenters. The first kappa shape index (κ1) is 25.0. The lowest BCUT2D eigenvalue weighted by atomic mass is 9.95. The highest BCUT2D eigenvalue weighted by molar-refractivity contribution is 6.31. The van der Waals surface area contributed by atoms with Gasteiger partial charge in [-0.05, 0) is 49.2 Å². The van der Waals surface area contributed by atoms with E-state index in [1.54, 1.807) is 6.08 Å². The van der Waals surface area contributed by atoms with Crippen LogP contribution in [0.5, 0.6) is 0 Å². The number of nitrogens with one attached hydrogen (secondary N) is 1. The summed E-state index contributed by atoms with van der Waals surface area (Å²) >= 11 is 6.47. The van der Waals surface area contributed by atoms with Crippen molar-refractivity contribution < 1.29 is 9.59 Å². The topological polar surface area (TPSA) is 52.7 Å². The fraction of sp³-hybridized carbons (Fsp3) is 0.407. The van der Waals surface area contributed by atoms with Gasteiger partial charge in [0.15, 0.2) is 0 Å². The van der Waals surface area contributed by atoms with Crippen molar-refractivity contribution in [1.82, 2.24) is 15.1 Å². The lowest BCUT2D eigenvalue weighted by Crippen LogP contribution is -2.44. The minimum Gasteiger partial charge on any atom is -0.354 e.